The molecule has 0 aliphatic rings. The Morgan fingerprint density at radius 2 is 2.14 bits per heavy atom. The minimum Gasteiger partial charge on any atom is -0.318 e. The van der Waals surface area contributed by atoms with E-state index in [1.807, 2.05) is 25.0 Å². The van der Waals surface area contributed by atoms with Gasteiger partial charge in [0.2, 0.25) is 0 Å². The van der Waals surface area contributed by atoms with Crippen LogP contribution in [0.15, 0.2) is 24.7 Å². The van der Waals surface area contributed by atoms with E-state index in [-0.39, 0.29) is 5.91 Å². The van der Waals surface area contributed by atoms with Gasteiger partial charge in [-0.25, -0.2) is 0 Å². The van der Waals surface area contributed by atoms with Crippen LogP contribution in [0, 0.1) is 0 Å². The number of carbonyl (C=O) groups excluding carboxylic acids is 1. The van der Waals surface area contributed by atoms with E-state index in [0.29, 0.717) is 11.4 Å². The van der Waals surface area contributed by atoms with Crippen molar-refractivity contribution in [1.82, 2.24) is 24.5 Å². The summed E-state index contributed by atoms with van der Waals surface area (Å²) in [5, 5.41) is 11.2. The quantitative estimate of drug-likeness (QED) is 0.834. The highest BCUT2D eigenvalue weighted by atomic mass is 16.2. The van der Waals surface area contributed by atoms with Crippen molar-refractivity contribution in [3.63, 3.8) is 0 Å². The van der Waals surface area contributed by atoms with Gasteiger partial charge < -0.3 is 10.2 Å². The molecule has 7 heteroatoms. The number of aryl methyl sites for hydroxylation is 1. The SMILES string of the molecule is CCCn1nccc1C(=O)Nc1cnn(CCN(C)C)c1. The Hall–Kier alpha value is -2.15. The summed E-state index contributed by atoms with van der Waals surface area (Å²) >= 11 is 0. The zero-order chi connectivity index (χ0) is 15.2. The first-order chi connectivity index (χ1) is 10.1. The highest BCUT2D eigenvalue weighted by molar-refractivity contribution is 6.02. The average Bonchev–Trinajstić information content (AvgIpc) is 3.06. The molecule has 0 saturated carbocycles. The molecule has 2 aromatic rings. The number of likely N-dealkylation sites (N-methyl/N-ethyl adjacent to an activating group) is 1. The van der Waals surface area contributed by atoms with Gasteiger partial charge in [0.1, 0.15) is 5.69 Å². The first-order valence-electron chi connectivity index (χ1n) is 7.10. The predicted molar refractivity (Wildman–Crippen MR) is 81.3 cm³/mol. The first-order valence-corrected chi connectivity index (χ1v) is 7.10. The maximum absolute atomic E-state index is 12.2. The molecule has 0 bridgehead atoms. The molecule has 0 aromatic carbocycles. The largest absolute Gasteiger partial charge is 0.318 e. The van der Waals surface area contributed by atoms with Crippen LogP contribution < -0.4 is 5.32 Å². The Morgan fingerprint density at radius 1 is 1.33 bits per heavy atom. The fraction of sp³-hybridized carbons (Fsp3) is 0.500. The lowest BCUT2D eigenvalue weighted by Gasteiger charge is -2.08. The van der Waals surface area contributed by atoms with Crippen LogP contribution in [-0.2, 0) is 13.1 Å². The van der Waals surface area contributed by atoms with Gasteiger partial charge in [0.05, 0.1) is 18.4 Å². The number of amides is 1. The summed E-state index contributed by atoms with van der Waals surface area (Å²) in [6.07, 6.45) is 6.07. The second kappa shape index (κ2) is 7.03. The van der Waals surface area contributed by atoms with Crippen molar-refractivity contribution in [2.75, 3.05) is 26.0 Å². The van der Waals surface area contributed by atoms with Gasteiger partial charge in [-0.2, -0.15) is 10.2 Å². The molecule has 0 atom stereocenters. The minimum absolute atomic E-state index is 0.159. The van der Waals surface area contributed by atoms with Crippen LogP contribution in [0.3, 0.4) is 0 Å². The molecule has 0 unspecified atom stereocenters. The molecule has 7 nitrogen and oxygen atoms in total. The van der Waals surface area contributed by atoms with E-state index in [4.69, 9.17) is 0 Å². The number of carbonyl (C=O) groups is 1. The second-order valence-corrected chi connectivity index (χ2v) is 5.19. The Bertz CT molecular complexity index is 586. The van der Waals surface area contributed by atoms with E-state index >= 15 is 0 Å². The zero-order valence-electron chi connectivity index (χ0n) is 12.8. The van der Waals surface area contributed by atoms with Crippen molar-refractivity contribution >= 4 is 11.6 Å². The van der Waals surface area contributed by atoms with E-state index < -0.39 is 0 Å². The van der Waals surface area contributed by atoms with Crippen LogP contribution in [0.5, 0.6) is 0 Å². The number of hydrogen-bond acceptors (Lipinski definition) is 4. The Kier molecular flexibility index (Phi) is 5.10. The van der Waals surface area contributed by atoms with Crippen LogP contribution >= 0.6 is 0 Å². The van der Waals surface area contributed by atoms with Gasteiger partial charge in [-0.05, 0) is 26.6 Å². The maximum Gasteiger partial charge on any atom is 0.274 e. The van der Waals surface area contributed by atoms with Gasteiger partial charge in [0, 0.05) is 25.5 Å². The van der Waals surface area contributed by atoms with Crippen molar-refractivity contribution < 1.29 is 4.79 Å². The van der Waals surface area contributed by atoms with Gasteiger partial charge in [0.25, 0.3) is 5.91 Å². The van der Waals surface area contributed by atoms with Crippen molar-refractivity contribution in [2.24, 2.45) is 0 Å². The van der Waals surface area contributed by atoms with Crippen molar-refractivity contribution in [1.29, 1.82) is 0 Å². The fourth-order valence-corrected chi connectivity index (χ4v) is 1.96. The Labute approximate surface area is 124 Å². The van der Waals surface area contributed by atoms with Gasteiger partial charge >= 0.3 is 0 Å². The molecular weight excluding hydrogens is 268 g/mol. The monoisotopic (exact) mass is 290 g/mol. The van der Waals surface area contributed by atoms with Crippen LogP contribution in [0.4, 0.5) is 5.69 Å². The molecule has 114 valence electrons. The van der Waals surface area contributed by atoms with Crippen LogP contribution in [-0.4, -0.2) is 51.0 Å². The minimum atomic E-state index is -0.159. The standard InChI is InChI=1S/C14H22N6O/c1-4-7-20-13(5-6-15-20)14(21)17-12-10-16-19(11-12)9-8-18(2)3/h5-6,10-11H,4,7-9H2,1-3H3,(H,17,21). The molecule has 0 saturated heterocycles. The Balaban J connectivity index is 1.97. The molecule has 0 radical (unpaired) electrons. The van der Waals surface area contributed by atoms with Gasteiger partial charge in [-0.15, -0.1) is 0 Å². The molecular formula is C14H22N6O. The molecule has 21 heavy (non-hydrogen) atoms. The van der Waals surface area contributed by atoms with E-state index in [0.717, 1.165) is 26.1 Å². The molecule has 2 rings (SSSR count). The summed E-state index contributed by atoms with van der Waals surface area (Å²) in [7, 11) is 4.03. The van der Waals surface area contributed by atoms with Gasteiger partial charge in [0.15, 0.2) is 0 Å². The molecule has 0 aliphatic carbocycles. The van der Waals surface area contributed by atoms with Crippen LogP contribution in [0.2, 0.25) is 0 Å². The molecule has 0 spiro atoms. The third-order valence-corrected chi connectivity index (χ3v) is 3.05. The number of nitrogens with one attached hydrogen (secondary N) is 1. The number of aromatic nitrogens is 4. The number of hydrogen-bond donors (Lipinski definition) is 1. The average molecular weight is 290 g/mol. The van der Waals surface area contributed by atoms with E-state index in [1.54, 1.807) is 23.1 Å². The molecule has 0 aliphatic heterocycles. The summed E-state index contributed by atoms with van der Waals surface area (Å²) in [5.41, 5.74) is 1.26. The lowest BCUT2D eigenvalue weighted by molar-refractivity contribution is 0.101. The number of anilines is 1. The van der Waals surface area contributed by atoms with E-state index in [9.17, 15) is 4.79 Å². The number of nitrogens with zero attached hydrogens (tertiary/aromatic N) is 5. The lowest BCUT2D eigenvalue weighted by Crippen LogP contribution is -2.19. The highest BCUT2D eigenvalue weighted by Gasteiger charge is 2.12. The summed E-state index contributed by atoms with van der Waals surface area (Å²) in [6.45, 7) is 4.48. The molecule has 1 amide bonds. The third-order valence-electron chi connectivity index (χ3n) is 3.05. The van der Waals surface area contributed by atoms with Crippen molar-refractivity contribution in [2.45, 2.75) is 26.4 Å². The predicted octanol–water partition coefficient (Wildman–Crippen LogP) is 1.30. The second-order valence-electron chi connectivity index (χ2n) is 5.19. The smallest absolute Gasteiger partial charge is 0.274 e. The van der Waals surface area contributed by atoms with Crippen molar-refractivity contribution in [3.05, 3.63) is 30.4 Å². The molecule has 2 heterocycles. The summed E-state index contributed by atoms with van der Waals surface area (Å²) < 4.78 is 3.53. The topological polar surface area (TPSA) is 68.0 Å². The van der Waals surface area contributed by atoms with Gasteiger partial charge in [-0.3, -0.25) is 14.2 Å². The van der Waals surface area contributed by atoms with Crippen LogP contribution in [0.25, 0.3) is 0 Å². The summed E-state index contributed by atoms with van der Waals surface area (Å²) in [4.78, 5) is 14.3. The van der Waals surface area contributed by atoms with Crippen molar-refractivity contribution in [3.8, 4) is 0 Å². The van der Waals surface area contributed by atoms with E-state index in [1.165, 1.54) is 0 Å². The van der Waals surface area contributed by atoms with Gasteiger partial charge in [-0.1, -0.05) is 6.92 Å². The molecule has 1 N–H and O–H groups in total. The molecule has 2 aromatic heterocycles. The molecule has 0 fully saturated rings. The normalized spacial score (nSPS) is 11.0. The maximum atomic E-state index is 12.2. The zero-order valence-corrected chi connectivity index (χ0v) is 12.8. The fourth-order valence-electron chi connectivity index (χ4n) is 1.96. The highest BCUT2D eigenvalue weighted by Crippen LogP contribution is 2.08. The first kappa shape index (κ1) is 15.2. The van der Waals surface area contributed by atoms with Crippen LogP contribution in [0.1, 0.15) is 23.8 Å². The third kappa shape index (κ3) is 4.16. The summed E-state index contributed by atoms with van der Waals surface area (Å²) in [6, 6.07) is 1.72. The Morgan fingerprint density at radius 3 is 2.86 bits per heavy atom. The number of rotatable bonds is 7. The summed E-state index contributed by atoms with van der Waals surface area (Å²) in [5.74, 6) is -0.159. The van der Waals surface area contributed by atoms with E-state index in [2.05, 4.69) is 27.3 Å². The lowest BCUT2D eigenvalue weighted by atomic mass is 10.3.